The number of nitrogens with two attached hydrogens (primary N) is 1. The van der Waals surface area contributed by atoms with Crippen LogP contribution in [-0.4, -0.2) is 11.9 Å². The molecule has 0 bridgehead atoms. The van der Waals surface area contributed by atoms with Crippen molar-refractivity contribution in [1.82, 2.24) is 5.32 Å². The number of halogens is 1. The third kappa shape index (κ3) is 4.64. The van der Waals surface area contributed by atoms with Crippen LogP contribution in [0, 0.1) is 5.92 Å². The van der Waals surface area contributed by atoms with Gasteiger partial charge < -0.3 is 11.1 Å². The lowest BCUT2D eigenvalue weighted by Gasteiger charge is -2.14. The quantitative estimate of drug-likeness (QED) is 0.853. The predicted octanol–water partition coefficient (Wildman–Crippen LogP) is 1.77. The molecule has 0 aliphatic carbocycles. The maximum absolute atomic E-state index is 11.4. The first-order chi connectivity index (χ1) is 6.61. The molecule has 0 saturated carbocycles. The minimum Gasteiger partial charge on any atom is -0.350 e. The van der Waals surface area contributed by atoms with Gasteiger partial charge in [-0.05, 0) is 17.4 Å². The summed E-state index contributed by atoms with van der Waals surface area (Å²) in [6, 6.07) is 3.55. The Morgan fingerprint density at radius 1 is 1.60 bits per heavy atom. The summed E-state index contributed by atoms with van der Waals surface area (Å²) >= 11 is 1.63. The number of hydrogen-bond donors (Lipinski definition) is 2. The van der Waals surface area contributed by atoms with E-state index in [1.807, 2.05) is 31.4 Å². The van der Waals surface area contributed by atoms with Gasteiger partial charge in [0.05, 0.1) is 12.6 Å². The lowest BCUT2D eigenvalue weighted by molar-refractivity contribution is -0.123. The first kappa shape index (κ1) is 14.4. The van der Waals surface area contributed by atoms with Crippen LogP contribution in [-0.2, 0) is 11.3 Å². The van der Waals surface area contributed by atoms with Gasteiger partial charge in [-0.2, -0.15) is 0 Å². The van der Waals surface area contributed by atoms with Gasteiger partial charge in [-0.25, -0.2) is 0 Å². The fraction of sp³-hybridized carbons (Fsp3) is 0.500. The van der Waals surface area contributed by atoms with Gasteiger partial charge in [0, 0.05) is 4.88 Å². The summed E-state index contributed by atoms with van der Waals surface area (Å²) in [6.07, 6.45) is 0. The summed E-state index contributed by atoms with van der Waals surface area (Å²) in [7, 11) is 0. The fourth-order valence-electron chi connectivity index (χ4n) is 1.01. The van der Waals surface area contributed by atoms with Gasteiger partial charge in [0.25, 0.3) is 0 Å². The zero-order chi connectivity index (χ0) is 10.6. The van der Waals surface area contributed by atoms with E-state index < -0.39 is 6.04 Å². The molecule has 1 amide bonds. The monoisotopic (exact) mass is 248 g/mol. The van der Waals surface area contributed by atoms with Crippen LogP contribution in [0.2, 0.25) is 0 Å². The second-order valence-corrected chi connectivity index (χ2v) is 4.60. The van der Waals surface area contributed by atoms with E-state index in [-0.39, 0.29) is 24.2 Å². The number of amides is 1. The van der Waals surface area contributed by atoms with Crippen molar-refractivity contribution in [2.45, 2.75) is 26.4 Å². The Kier molecular flexibility index (Phi) is 6.56. The maximum atomic E-state index is 11.4. The van der Waals surface area contributed by atoms with Gasteiger partial charge in [-0.3, -0.25) is 4.79 Å². The molecule has 3 N–H and O–H groups in total. The van der Waals surface area contributed by atoms with Crippen LogP contribution in [0.25, 0.3) is 0 Å². The second-order valence-electron chi connectivity index (χ2n) is 3.57. The predicted molar refractivity (Wildman–Crippen MR) is 66.2 cm³/mol. The van der Waals surface area contributed by atoms with Crippen LogP contribution in [0.1, 0.15) is 18.7 Å². The van der Waals surface area contributed by atoms with Crippen LogP contribution >= 0.6 is 23.7 Å². The number of carbonyl (C=O) groups excluding carboxylic acids is 1. The van der Waals surface area contributed by atoms with Crippen molar-refractivity contribution in [3.63, 3.8) is 0 Å². The van der Waals surface area contributed by atoms with Gasteiger partial charge in [-0.15, -0.1) is 23.7 Å². The molecule has 5 heteroatoms. The molecule has 0 aliphatic heterocycles. The summed E-state index contributed by atoms with van der Waals surface area (Å²) in [5.41, 5.74) is 5.69. The van der Waals surface area contributed by atoms with Crippen molar-refractivity contribution >= 4 is 29.7 Å². The van der Waals surface area contributed by atoms with Crippen molar-refractivity contribution in [2.24, 2.45) is 11.7 Å². The van der Waals surface area contributed by atoms with Crippen LogP contribution in [0.4, 0.5) is 0 Å². The largest absolute Gasteiger partial charge is 0.350 e. The molecular weight excluding hydrogens is 232 g/mol. The Balaban J connectivity index is 0.00000196. The molecule has 0 saturated heterocycles. The van der Waals surface area contributed by atoms with Crippen molar-refractivity contribution in [1.29, 1.82) is 0 Å². The van der Waals surface area contributed by atoms with Crippen LogP contribution < -0.4 is 11.1 Å². The standard InChI is InChI=1S/C10H16N2OS.ClH/c1-7(2)9(11)10(13)12-6-8-4-3-5-14-8;/h3-5,7,9H,6,11H2,1-2H3,(H,12,13);1H/t9-;/m0./s1. The molecule has 1 heterocycles. The Morgan fingerprint density at radius 2 is 2.27 bits per heavy atom. The third-order valence-corrected chi connectivity index (χ3v) is 2.91. The van der Waals surface area contributed by atoms with Gasteiger partial charge >= 0.3 is 0 Å². The van der Waals surface area contributed by atoms with Crippen LogP contribution in [0.15, 0.2) is 17.5 Å². The Hall–Kier alpha value is -0.580. The van der Waals surface area contributed by atoms with E-state index >= 15 is 0 Å². The van der Waals surface area contributed by atoms with E-state index in [4.69, 9.17) is 5.73 Å². The number of nitrogens with one attached hydrogen (secondary N) is 1. The van der Waals surface area contributed by atoms with E-state index in [9.17, 15) is 4.79 Å². The number of thiophene rings is 1. The number of rotatable bonds is 4. The molecule has 1 aromatic heterocycles. The first-order valence-electron chi connectivity index (χ1n) is 4.67. The van der Waals surface area contributed by atoms with Gasteiger partial charge in [-0.1, -0.05) is 19.9 Å². The molecule has 0 unspecified atom stereocenters. The lowest BCUT2D eigenvalue weighted by Crippen LogP contribution is -2.43. The fourth-order valence-corrected chi connectivity index (χ4v) is 1.65. The molecule has 1 aromatic rings. The average Bonchev–Trinajstić information content (AvgIpc) is 2.65. The Morgan fingerprint density at radius 3 is 2.73 bits per heavy atom. The molecule has 0 fully saturated rings. The lowest BCUT2D eigenvalue weighted by atomic mass is 10.1. The van der Waals surface area contributed by atoms with Crippen molar-refractivity contribution in [3.8, 4) is 0 Å². The highest BCUT2D eigenvalue weighted by molar-refractivity contribution is 7.09. The van der Waals surface area contributed by atoms with Gasteiger partial charge in [0.15, 0.2) is 0 Å². The van der Waals surface area contributed by atoms with E-state index in [1.165, 1.54) is 0 Å². The maximum Gasteiger partial charge on any atom is 0.237 e. The number of carbonyl (C=O) groups is 1. The van der Waals surface area contributed by atoms with Crippen LogP contribution in [0.3, 0.4) is 0 Å². The van der Waals surface area contributed by atoms with E-state index in [1.54, 1.807) is 11.3 Å². The molecule has 15 heavy (non-hydrogen) atoms. The molecular formula is C10H17ClN2OS. The zero-order valence-corrected chi connectivity index (χ0v) is 10.5. The average molecular weight is 249 g/mol. The normalized spacial score (nSPS) is 12.0. The summed E-state index contributed by atoms with van der Waals surface area (Å²) in [4.78, 5) is 12.6. The minimum absolute atomic E-state index is 0. The smallest absolute Gasteiger partial charge is 0.237 e. The van der Waals surface area contributed by atoms with E-state index in [2.05, 4.69) is 5.32 Å². The summed E-state index contributed by atoms with van der Waals surface area (Å²) in [5.74, 6) is 0.103. The van der Waals surface area contributed by atoms with E-state index in [0.29, 0.717) is 6.54 Å². The first-order valence-corrected chi connectivity index (χ1v) is 5.55. The molecule has 0 aliphatic rings. The summed E-state index contributed by atoms with van der Waals surface area (Å²) in [5, 5.41) is 4.80. The molecule has 0 spiro atoms. The highest BCUT2D eigenvalue weighted by atomic mass is 35.5. The summed E-state index contributed by atoms with van der Waals surface area (Å²) in [6.45, 7) is 4.46. The second kappa shape index (κ2) is 6.82. The molecule has 0 aromatic carbocycles. The third-order valence-electron chi connectivity index (χ3n) is 2.04. The molecule has 86 valence electrons. The minimum atomic E-state index is -0.407. The van der Waals surface area contributed by atoms with Crippen LogP contribution in [0.5, 0.6) is 0 Å². The molecule has 1 rings (SSSR count). The van der Waals surface area contributed by atoms with Gasteiger partial charge in [0.2, 0.25) is 5.91 Å². The van der Waals surface area contributed by atoms with Crippen molar-refractivity contribution < 1.29 is 4.79 Å². The topological polar surface area (TPSA) is 55.1 Å². The molecule has 3 nitrogen and oxygen atoms in total. The van der Waals surface area contributed by atoms with Crippen molar-refractivity contribution in [2.75, 3.05) is 0 Å². The van der Waals surface area contributed by atoms with Crippen molar-refractivity contribution in [3.05, 3.63) is 22.4 Å². The zero-order valence-electron chi connectivity index (χ0n) is 8.90. The number of hydrogen-bond acceptors (Lipinski definition) is 3. The molecule has 0 radical (unpaired) electrons. The highest BCUT2D eigenvalue weighted by Gasteiger charge is 2.16. The molecule has 1 atom stereocenters. The SMILES string of the molecule is CC(C)[C@H](N)C(=O)NCc1cccs1.Cl. The van der Waals surface area contributed by atoms with E-state index in [0.717, 1.165) is 4.88 Å². The van der Waals surface area contributed by atoms with Gasteiger partial charge in [0.1, 0.15) is 0 Å². The Bertz CT molecular complexity index is 288. The highest BCUT2D eigenvalue weighted by Crippen LogP contribution is 2.07. The Labute approximate surface area is 100 Å². The summed E-state index contributed by atoms with van der Waals surface area (Å²) < 4.78 is 0.